The Balaban J connectivity index is 0. The smallest absolute Gasteiger partial charge is 0.293 e. The summed E-state index contributed by atoms with van der Waals surface area (Å²) in [4.78, 5) is 11.5. The maximum atomic E-state index is 9.55. The summed E-state index contributed by atoms with van der Waals surface area (Å²) in [7, 11) is 5.79. The average molecular weight is 266 g/mol. The van der Waals surface area contributed by atoms with Crippen LogP contribution >= 0.6 is 24.0 Å². The van der Waals surface area contributed by atoms with Crippen LogP contribution in [0.1, 0.15) is 6.92 Å². The van der Waals surface area contributed by atoms with Crippen LogP contribution in [-0.2, 0) is 9.53 Å². The number of carbonyl (C=O) groups is 1. The molecule has 0 unspecified atom stereocenters. The highest BCUT2D eigenvalue weighted by molar-refractivity contribution is 8.23. The van der Waals surface area contributed by atoms with E-state index in [4.69, 9.17) is 12.2 Å². The SMILES string of the molecule is CN(C)CCOC=O.CNCCSC(C)=S. The molecule has 0 aliphatic rings. The van der Waals surface area contributed by atoms with Crippen LogP contribution in [0.5, 0.6) is 0 Å². The lowest BCUT2D eigenvalue weighted by molar-refractivity contribution is -0.128. The van der Waals surface area contributed by atoms with Gasteiger partial charge in [0.2, 0.25) is 0 Å². The second-order valence-electron chi connectivity index (χ2n) is 3.21. The van der Waals surface area contributed by atoms with Crippen LogP contribution in [0.15, 0.2) is 0 Å². The molecule has 0 aliphatic carbocycles. The van der Waals surface area contributed by atoms with Crippen molar-refractivity contribution < 1.29 is 9.53 Å². The predicted octanol–water partition coefficient (Wildman–Crippen LogP) is 1.01. The quantitative estimate of drug-likeness (QED) is 0.421. The van der Waals surface area contributed by atoms with Crippen LogP contribution in [0.4, 0.5) is 0 Å². The molecule has 0 atom stereocenters. The van der Waals surface area contributed by atoms with Crippen LogP contribution in [0.2, 0.25) is 0 Å². The first-order chi connectivity index (χ1) is 7.54. The Labute approximate surface area is 108 Å². The summed E-state index contributed by atoms with van der Waals surface area (Å²) >= 11 is 6.57. The lowest BCUT2D eigenvalue weighted by Gasteiger charge is -2.06. The molecule has 6 heteroatoms. The zero-order chi connectivity index (χ0) is 12.8. The monoisotopic (exact) mass is 266 g/mol. The molecule has 0 aromatic carbocycles. The van der Waals surface area contributed by atoms with Crippen molar-refractivity contribution in [2.75, 3.05) is 46.6 Å². The zero-order valence-corrected chi connectivity index (χ0v) is 12.1. The Morgan fingerprint density at radius 2 is 2.19 bits per heavy atom. The van der Waals surface area contributed by atoms with Gasteiger partial charge in [-0.25, -0.2) is 0 Å². The van der Waals surface area contributed by atoms with E-state index in [9.17, 15) is 4.79 Å². The van der Waals surface area contributed by atoms with Crippen molar-refractivity contribution in [1.29, 1.82) is 0 Å². The minimum atomic E-state index is 0.462. The molecule has 0 aliphatic heterocycles. The van der Waals surface area contributed by atoms with E-state index in [2.05, 4.69) is 10.1 Å². The molecule has 0 heterocycles. The van der Waals surface area contributed by atoms with Crippen molar-refractivity contribution >= 4 is 34.6 Å². The number of ether oxygens (including phenoxy) is 1. The molecule has 4 nitrogen and oxygen atoms in total. The fourth-order valence-corrected chi connectivity index (χ4v) is 1.42. The van der Waals surface area contributed by atoms with E-state index in [0.29, 0.717) is 13.1 Å². The summed E-state index contributed by atoms with van der Waals surface area (Å²) in [5.74, 6) is 1.09. The van der Waals surface area contributed by atoms with Crippen LogP contribution in [-0.4, -0.2) is 62.2 Å². The lowest BCUT2D eigenvalue weighted by atomic mass is 10.6. The van der Waals surface area contributed by atoms with Gasteiger partial charge in [-0.05, 0) is 28.1 Å². The van der Waals surface area contributed by atoms with Crippen molar-refractivity contribution in [3.8, 4) is 0 Å². The van der Waals surface area contributed by atoms with Gasteiger partial charge in [-0.3, -0.25) is 4.79 Å². The summed E-state index contributed by atoms with van der Waals surface area (Å²) in [6.45, 7) is 4.73. The summed E-state index contributed by atoms with van der Waals surface area (Å²) in [6, 6.07) is 0. The van der Waals surface area contributed by atoms with Crippen molar-refractivity contribution in [2.45, 2.75) is 6.92 Å². The number of hydrogen-bond donors (Lipinski definition) is 1. The average Bonchev–Trinajstić information content (AvgIpc) is 2.18. The first-order valence-corrected chi connectivity index (χ1v) is 6.42. The third-order valence-corrected chi connectivity index (χ3v) is 2.55. The fourth-order valence-electron chi connectivity index (χ4n) is 0.580. The number of likely N-dealkylation sites (N-methyl/N-ethyl adjacent to an activating group) is 1. The Kier molecular flexibility index (Phi) is 16.9. The van der Waals surface area contributed by atoms with Crippen LogP contribution in [0.3, 0.4) is 0 Å². The van der Waals surface area contributed by atoms with Crippen LogP contribution in [0, 0.1) is 0 Å². The Morgan fingerprint density at radius 3 is 2.56 bits per heavy atom. The summed E-state index contributed by atoms with van der Waals surface area (Å²) in [6.07, 6.45) is 0. The largest absolute Gasteiger partial charge is 0.467 e. The van der Waals surface area contributed by atoms with Gasteiger partial charge >= 0.3 is 0 Å². The summed E-state index contributed by atoms with van der Waals surface area (Å²) in [5.41, 5.74) is 0. The second-order valence-corrected chi connectivity index (χ2v) is 5.39. The van der Waals surface area contributed by atoms with E-state index in [-0.39, 0.29) is 0 Å². The molecule has 0 bridgehead atoms. The first-order valence-electron chi connectivity index (χ1n) is 5.02. The Hall–Kier alpha value is -0.170. The maximum absolute atomic E-state index is 9.55. The molecular formula is C10H22N2O2S2. The van der Waals surface area contributed by atoms with Gasteiger partial charge in [-0.2, -0.15) is 0 Å². The van der Waals surface area contributed by atoms with E-state index in [1.54, 1.807) is 11.8 Å². The van der Waals surface area contributed by atoms with E-state index >= 15 is 0 Å². The van der Waals surface area contributed by atoms with Gasteiger partial charge in [-0.1, -0.05) is 12.2 Å². The molecule has 16 heavy (non-hydrogen) atoms. The molecule has 0 amide bonds. The molecule has 0 saturated carbocycles. The molecule has 0 rings (SSSR count). The number of carbonyl (C=O) groups excluding carboxylic acids is 1. The van der Waals surface area contributed by atoms with Gasteiger partial charge in [0.05, 0.1) is 0 Å². The first kappa shape index (κ1) is 18.2. The molecule has 0 saturated heterocycles. The number of thiocarbonyl (C=S) groups is 1. The third-order valence-electron chi connectivity index (χ3n) is 1.38. The topological polar surface area (TPSA) is 41.6 Å². The Morgan fingerprint density at radius 1 is 1.56 bits per heavy atom. The molecule has 1 N–H and O–H groups in total. The zero-order valence-electron chi connectivity index (χ0n) is 10.5. The second kappa shape index (κ2) is 14.8. The Bertz CT molecular complexity index is 178. The van der Waals surface area contributed by atoms with Gasteiger partial charge < -0.3 is 15.0 Å². The summed E-state index contributed by atoms with van der Waals surface area (Å²) < 4.78 is 5.45. The standard InChI is InChI=1S/C5H11NO2.C5H11NS2/c1-6(2)3-4-8-5-7;1-5(7)8-4-3-6-2/h5H,3-4H2,1-2H3;6H,3-4H2,1-2H3. The van der Waals surface area contributed by atoms with Gasteiger partial charge in [-0.15, -0.1) is 11.8 Å². The molecule has 0 radical (unpaired) electrons. The van der Waals surface area contributed by atoms with Gasteiger partial charge in [0, 0.05) is 23.0 Å². The minimum absolute atomic E-state index is 0.462. The van der Waals surface area contributed by atoms with Gasteiger partial charge in [0.1, 0.15) is 6.61 Å². The lowest BCUT2D eigenvalue weighted by Crippen LogP contribution is -2.17. The van der Waals surface area contributed by atoms with E-state index < -0.39 is 0 Å². The van der Waals surface area contributed by atoms with Crippen molar-refractivity contribution in [2.24, 2.45) is 0 Å². The van der Waals surface area contributed by atoms with Crippen LogP contribution < -0.4 is 5.32 Å². The fraction of sp³-hybridized carbons (Fsp3) is 0.800. The summed E-state index contributed by atoms with van der Waals surface area (Å²) in [5, 5.41) is 3.04. The van der Waals surface area contributed by atoms with Crippen LogP contribution in [0.25, 0.3) is 0 Å². The highest BCUT2D eigenvalue weighted by atomic mass is 32.2. The number of thioether (sulfide) groups is 1. The number of nitrogens with one attached hydrogen (secondary N) is 1. The van der Waals surface area contributed by atoms with Gasteiger partial charge in [0.25, 0.3) is 6.47 Å². The predicted molar refractivity (Wildman–Crippen MR) is 75.2 cm³/mol. The number of nitrogens with zero attached hydrogens (tertiary/aromatic N) is 1. The molecule has 96 valence electrons. The van der Waals surface area contributed by atoms with Crippen molar-refractivity contribution in [1.82, 2.24) is 10.2 Å². The van der Waals surface area contributed by atoms with Crippen molar-refractivity contribution in [3.63, 3.8) is 0 Å². The highest BCUT2D eigenvalue weighted by Gasteiger charge is 1.86. The third kappa shape index (κ3) is 23.6. The van der Waals surface area contributed by atoms with Crippen molar-refractivity contribution in [3.05, 3.63) is 0 Å². The molecular weight excluding hydrogens is 244 g/mol. The van der Waals surface area contributed by atoms with Gasteiger partial charge in [0.15, 0.2) is 0 Å². The van der Waals surface area contributed by atoms with E-state index in [0.717, 1.165) is 23.0 Å². The molecule has 0 spiro atoms. The maximum Gasteiger partial charge on any atom is 0.293 e. The molecule has 0 aromatic heterocycles. The highest BCUT2D eigenvalue weighted by Crippen LogP contribution is 2.00. The normalized spacial score (nSPS) is 9.31. The molecule has 0 aromatic rings. The number of hydrogen-bond acceptors (Lipinski definition) is 6. The van der Waals surface area contributed by atoms with E-state index in [1.807, 2.05) is 33.0 Å². The number of rotatable bonds is 7. The van der Waals surface area contributed by atoms with E-state index in [1.165, 1.54) is 0 Å². The minimum Gasteiger partial charge on any atom is -0.467 e. The molecule has 0 fully saturated rings.